The molecule has 2 heteroatoms. The van der Waals surface area contributed by atoms with Gasteiger partial charge in [0.1, 0.15) is 12.1 Å². The van der Waals surface area contributed by atoms with Gasteiger partial charge in [-0.25, -0.2) is 0 Å². The third-order valence-electron chi connectivity index (χ3n) is 1.56. The maximum absolute atomic E-state index is 9.35. The zero-order chi connectivity index (χ0) is 14.3. The summed E-state index contributed by atoms with van der Waals surface area (Å²) in [4.78, 5) is 0. The van der Waals surface area contributed by atoms with Gasteiger partial charge in [0, 0.05) is 6.08 Å². The highest BCUT2D eigenvalue weighted by atomic mass is 16.3. The number of hydrogen-bond acceptors (Lipinski definition) is 1. The van der Waals surface area contributed by atoms with Crippen LogP contribution >= 0.6 is 0 Å². The fourth-order valence-electron chi connectivity index (χ4n) is 0.622. The third-order valence-corrected chi connectivity index (χ3v) is 1.56. The van der Waals surface area contributed by atoms with Crippen LogP contribution in [0.2, 0.25) is 0 Å². The van der Waals surface area contributed by atoms with Gasteiger partial charge in [-0.2, -0.15) is 0 Å². The second-order valence-corrected chi connectivity index (χ2v) is 3.21. The highest BCUT2D eigenvalue weighted by Crippen LogP contribution is 1.86. The minimum atomic E-state index is -0.647. The quantitative estimate of drug-likeness (QED) is 0.702. The fourth-order valence-corrected chi connectivity index (χ4v) is 0.622. The molecule has 0 saturated heterocycles. The second-order valence-electron chi connectivity index (χ2n) is 3.21. The lowest BCUT2D eigenvalue weighted by Crippen LogP contribution is -2.64. The van der Waals surface area contributed by atoms with E-state index in [1.165, 1.54) is 6.08 Å². The molecule has 0 radical (unpaired) electrons. The normalized spacial score (nSPS) is 9.21. The first kappa shape index (κ1) is 16.0. The monoisotopic (exact) mass is 246 g/mol. The summed E-state index contributed by atoms with van der Waals surface area (Å²) in [5, 5.41) is 9.35. The second kappa shape index (κ2) is 11.5. The van der Waals surface area contributed by atoms with E-state index in [0.29, 0.717) is 0 Å². The van der Waals surface area contributed by atoms with Crippen LogP contribution in [0.5, 0.6) is 0 Å². The van der Waals surface area contributed by atoms with Crippen molar-refractivity contribution in [3.63, 3.8) is 0 Å². The summed E-state index contributed by atoms with van der Waals surface area (Å²) in [5.41, 5.74) is 33.5. The molecule has 19 heavy (non-hydrogen) atoms. The predicted octanol–water partition coefficient (Wildman–Crippen LogP) is 1.02. The van der Waals surface area contributed by atoms with E-state index in [0.717, 1.165) is 0 Å². The van der Waals surface area contributed by atoms with Crippen LogP contribution in [0.25, 0.3) is 0 Å². The SMILES string of the molecule is C=C=C=C=C=C=C=C=C=C=C=C=C=C[C@H](O)[C@H](C)[NH3+]. The summed E-state index contributed by atoms with van der Waals surface area (Å²) >= 11 is 0. The van der Waals surface area contributed by atoms with E-state index in [1.54, 1.807) is 6.92 Å². The number of hydrogen-bond donors (Lipinski definition) is 2. The van der Waals surface area contributed by atoms with Crippen molar-refractivity contribution in [2.24, 2.45) is 0 Å². The zero-order valence-corrected chi connectivity index (χ0v) is 10.6. The Hall–Kier alpha value is -2.98. The largest absolute Gasteiger partial charge is 0.382 e. The number of aliphatic hydroxyl groups is 1. The van der Waals surface area contributed by atoms with E-state index in [-0.39, 0.29) is 6.04 Å². The molecule has 0 heterocycles. The van der Waals surface area contributed by atoms with E-state index in [9.17, 15) is 5.11 Å². The lowest BCUT2D eigenvalue weighted by Gasteiger charge is -2.02. The molecule has 0 bridgehead atoms. The van der Waals surface area contributed by atoms with Crippen molar-refractivity contribution >= 4 is 0 Å². The van der Waals surface area contributed by atoms with Crippen molar-refractivity contribution in [1.82, 2.24) is 0 Å². The van der Waals surface area contributed by atoms with Crippen molar-refractivity contribution in [2.45, 2.75) is 19.1 Å². The van der Waals surface area contributed by atoms with E-state index in [1.807, 2.05) is 0 Å². The highest BCUT2D eigenvalue weighted by molar-refractivity contribution is 4.94. The molecule has 0 aliphatic heterocycles. The van der Waals surface area contributed by atoms with Crippen molar-refractivity contribution in [3.8, 4) is 0 Å². The van der Waals surface area contributed by atoms with Crippen LogP contribution < -0.4 is 5.73 Å². The van der Waals surface area contributed by atoms with E-state index in [2.05, 4.69) is 81.1 Å². The average molecular weight is 246 g/mol. The molecule has 0 aromatic heterocycles. The Morgan fingerprint density at radius 3 is 1.74 bits per heavy atom. The first-order valence-electron chi connectivity index (χ1n) is 5.30. The van der Waals surface area contributed by atoms with Crippen LogP contribution in [-0.4, -0.2) is 17.3 Å². The molecule has 0 spiro atoms. The van der Waals surface area contributed by atoms with Gasteiger partial charge >= 0.3 is 0 Å². The standard InChI is InChI=1S/C17H11NO/c1-3-4-5-6-7-8-9-10-11-12-13-14-15-17(19)16(2)18/h15-17,19H,1,18H2,2H3/p+1/t16-,17-/m0/s1. The molecule has 0 amide bonds. The lowest BCUT2D eigenvalue weighted by atomic mass is 10.2. The Bertz CT molecular complexity index is 754. The minimum absolute atomic E-state index is 0.105. The smallest absolute Gasteiger partial charge is 0.131 e. The van der Waals surface area contributed by atoms with Gasteiger partial charge in [0.25, 0.3) is 0 Å². The molecule has 0 aromatic rings. The summed E-state index contributed by atoms with van der Waals surface area (Å²) in [6.07, 6.45) is 0.796. The van der Waals surface area contributed by atoms with Crippen LogP contribution in [0, 0.1) is 0 Å². The molecule has 0 aliphatic carbocycles. The molecule has 2 nitrogen and oxygen atoms in total. The average Bonchev–Trinajstić information content (AvgIpc) is 2.39. The van der Waals surface area contributed by atoms with Gasteiger partial charge in [0.15, 0.2) is 0 Å². The van der Waals surface area contributed by atoms with Crippen molar-refractivity contribution in [1.29, 1.82) is 0 Å². The summed E-state index contributed by atoms with van der Waals surface area (Å²) < 4.78 is 0. The molecule has 0 aromatic carbocycles. The molecule has 2 atom stereocenters. The Balaban J connectivity index is 5.32. The molecule has 0 rings (SSSR count). The molecule has 0 fully saturated rings. The molecular formula is C17H12NO+. The van der Waals surface area contributed by atoms with Crippen LogP contribution in [-0.2, 0) is 0 Å². The highest BCUT2D eigenvalue weighted by Gasteiger charge is 2.06. The topological polar surface area (TPSA) is 47.9 Å². The maximum Gasteiger partial charge on any atom is 0.131 e. The van der Waals surface area contributed by atoms with Gasteiger partial charge in [-0.05, 0) is 70.8 Å². The summed E-state index contributed by atoms with van der Waals surface area (Å²) in [7, 11) is 0. The van der Waals surface area contributed by atoms with Gasteiger partial charge < -0.3 is 10.8 Å². The predicted molar refractivity (Wildman–Crippen MR) is 70.7 cm³/mol. The molecule has 0 unspecified atom stereocenters. The van der Waals surface area contributed by atoms with Crippen molar-refractivity contribution in [2.75, 3.05) is 0 Å². The first-order chi connectivity index (χ1) is 9.18. The van der Waals surface area contributed by atoms with Crippen LogP contribution in [0.1, 0.15) is 6.92 Å². The molecule has 0 aliphatic rings. The number of rotatable bonds is 2. The summed E-state index contributed by atoms with van der Waals surface area (Å²) in [5.74, 6) is 0. The number of quaternary nitrogens is 1. The molecule has 90 valence electrons. The minimum Gasteiger partial charge on any atom is -0.382 e. The summed E-state index contributed by atoms with van der Waals surface area (Å²) in [6.45, 7) is 5.09. The summed E-state index contributed by atoms with van der Waals surface area (Å²) in [6, 6.07) is -0.105. The van der Waals surface area contributed by atoms with E-state index in [4.69, 9.17) is 0 Å². The molecule has 4 N–H and O–H groups in total. The Morgan fingerprint density at radius 1 is 0.895 bits per heavy atom. The van der Waals surface area contributed by atoms with Gasteiger partial charge in [-0.15, -0.1) is 0 Å². The van der Waals surface area contributed by atoms with Gasteiger partial charge in [0.05, 0.1) is 0 Å². The van der Waals surface area contributed by atoms with Crippen LogP contribution in [0.4, 0.5) is 0 Å². The molecule has 0 saturated carbocycles. The van der Waals surface area contributed by atoms with Crippen molar-refractivity contribution < 1.29 is 10.8 Å². The van der Waals surface area contributed by atoms with Gasteiger partial charge in [0.2, 0.25) is 0 Å². The zero-order valence-electron chi connectivity index (χ0n) is 10.6. The van der Waals surface area contributed by atoms with Crippen molar-refractivity contribution in [3.05, 3.63) is 81.4 Å². The molecular weight excluding hydrogens is 234 g/mol. The van der Waals surface area contributed by atoms with Gasteiger partial charge in [-0.3, -0.25) is 0 Å². The Labute approximate surface area is 112 Å². The first-order valence-corrected chi connectivity index (χ1v) is 5.30. The van der Waals surface area contributed by atoms with Crippen LogP contribution in [0.15, 0.2) is 81.4 Å². The number of aliphatic hydroxyl groups excluding tert-OH is 1. The van der Waals surface area contributed by atoms with Crippen LogP contribution in [0.3, 0.4) is 0 Å². The van der Waals surface area contributed by atoms with E-state index >= 15 is 0 Å². The van der Waals surface area contributed by atoms with Gasteiger partial charge in [-0.1, -0.05) is 11.5 Å². The third kappa shape index (κ3) is 11.3. The Morgan fingerprint density at radius 2 is 1.32 bits per heavy atom. The fraction of sp³-hybridized carbons (Fsp3) is 0.176. The van der Waals surface area contributed by atoms with E-state index < -0.39 is 6.10 Å². The Kier molecular flexibility index (Phi) is 9.70. The maximum atomic E-state index is 9.35. The lowest BCUT2D eigenvalue weighted by molar-refractivity contribution is -0.427.